The minimum atomic E-state index is 0. The molecule has 62 valence electrons. The molecule has 1 aromatic rings. The maximum Gasteiger partial charge on any atom is -0.0260 e. The first-order valence-corrected chi connectivity index (χ1v) is 3.11. The molecule has 0 radical (unpaired) electrons. The molecule has 0 aromatic heterocycles. The summed E-state index contributed by atoms with van der Waals surface area (Å²) in [7, 11) is 0. The van der Waals surface area contributed by atoms with Crippen molar-refractivity contribution in [2.45, 2.75) is 21.8 Å². The van der Waals surface area contributed by atoms with Gasteiger partial charge in [-0.15, -0.1) is 0 Å². The summed E-state index contributed by atoms with van der Waals surface area (Å²) in [6, 6.07) is 10.3. The summed E-state index contributed by atoms with van der Waals surface area (Å²) in [6.07, 6.45) is 4.12. The summed E-state index contributed by atoms with van der Waals surface area (Å²) in [4.78, 5) is 0. The van der Waals surface area contributed by atoms with Gasteiger partial charge in [0, 0.05) is 0 Å². The zero-order valence-corrected chi connectivity index (χ0v) is 5.54. The minimum absolute atomic E-state index is 0. The van der Waals surface area contributed by atoms with Crippen LogP contribution in [0.3, 0.4) is 0 Å². The molecule has 0 spiro atoms. The molecule has 0 fully saturated rings. The fraction of sp³-hybridized carbons (Fsp3) is 0.273. The van der Waals surface area contributed by atoms with Gasteiger partial charge in [0.15, 0.2) is 0 Å². The molecule has 1 aromatic carbocycles. The molecule has 0 heteroatoms. The lowest BCUT2D eigenvalue weighted by Gasteiger charge is -1.86. The van der Waals surface area contributed by atoms with Crippen molar-refractivity contribution in [3.8, 4) is 0 Å². The fourth-order valence-corrected chi connectivity index (χ4v) is 0.757. The summed E-state index contributed by atoms with van der Waals surface area (Å²) in [6.45, 7) is 2.02. The second-order valence-electron chi connectivity index (χ2n) is 1.91. The average molecular weight is 150 g/mol. The molecule has 0 atom stereocenters. The lowest BCUT2D eigenvalue weighted by Crippen LogP contribution is -1.65. The maximum atomic E-state index is 2.08. The molecule has 1 rings (SSSR count). The average Bonchev–Trinajstić information content (AvgIpc) is 1.91. The normalized spacial score (nSPS) is 8.45. The van der Waals surface area contributed by atoms with Crippen molar-refractivity contribution in [2.75, 3.05) is 0 Å². The number of hydrogen-bond acceptors (Lipinski definition) is 0. The van der Waals surface area contributed by atoms with Crippen LogP contribution in [-0.2, 0) is 0 Å². The van der Waals surface area contributed by atoms with E-state index in [-0.39, 0.29) is 14.9 Å². The standard InChI is InChI=1S/C9H10.2CH4/c1-2-6-9-7-4-3-5-8-9;;/h2-8H,1H3;2*1H4/b6-2+;;. The van der Waals surface area contributed by atoms with Gasteiger partial charge in [0.25, 0.3) is 0 Å². The van der Waals surface area contributed by atoms with Crippen molar-refractivity contribution in [3.05, 3.63) is 42.0 Å². The Morgan fingerprint density at radius 1 is 1.00 bits per heavy atom. The highest BCUT2D eigenvalue weighted by atomic mass is 13.8. The largest absolute Gasteiger partial charge is 0.0871 e. The Balaban J connectivity index is 0. The van der Waals surface area contributed by atoms with Gasteiger partial charge in [-0.05, 0) is 12.5 Å². The van der Waals surface area contributed by atoms with Gasteiger partial charge in [-0.2, -0.15) is 0 Å². The summed E-state index contributed by atoms with van der Waals surface area (Å²) in [5, 5.41) is 0. The molecule has 0 aliphatic carbocycles. The second kappa shape index (κ2) is 7.07. The first kappa shape index (κ1) is 12.6. The molecule has 0 bridgehead atoms. The van der Waals surface area contributed by atoms with Gasteiger partial charge in [0.05, 0.1) is 0 Å². The molecular weight excluding hydrogens is 132 g/mol. The van der Waals surface area contributed by atoms with E-state index in [1.807, 2.05) is 31.2 Å². The van der Waals surface area contributed by atoms with Crippen LogP contribution in [0.15, 0.2) is 36.4 Å². The zero-order valence-electron chi connectivity index (χ0n) is 5.54. The Labute approximate surface area is 70.6 Å². The third-order valence-corrected chi connectivity index (χ3v) is 1.16. The van der Waals surface area contributed by atoms with E-state index in [4.69, 9.17) is 0 Å². The molecular formula is C11H18. The van der Waals surface area contributed by atoms with E-state index in [1.165, 1.54) is 5.56 Å². The van der Waals surface area contributed by atoms with Crippen LogP contribution in [-0.4, -0.2) is 0 Å². The van der Waals surface area contributed by atoms with E-state index in [1.54, 1.807) is 0 Å². The van der Waals surface area contributed by atoms with Crippen LogP contribution in [0.1, 0.15) is 27.3 Å². The Hall–Kier alpha value is -1.04. The van der Waals surface area contributed by atoms with Crippen LogP contribution in [0, 0.1) is 0 Å². The fourth-order valence-electron chi connectivity index (χ4n) is 0.757. The molecule has 0 aliphatic heterocycles. The predicted octanol–water partition coefficient (Wildman–Crippen LogP) is 3.99. The first-order chi connectivity index (χ1) is 4.43. The second-order valence-corrected chi connectivity index (χ2v) is 1.91. The van der Waals surface area contributed by atoms with Gasteiger partial charge in [-0.25, -0.2) is 0 Å². The Bertz CT molecular complexity index is 184. The van der Waals surface area contributed by atoms with Crippen LogP contribution in [0.4, 0.5) is 0 Å². The molecule has 0 nitrogen and oxygen atoms in total. The highest BCUT2D eigenvalue weighted by Crippen LogP contribution is 1.99. The molecule has 0 heterocycles. The van der Waals surface area contributed by atoms with E-state index < -0.39 is 0 Å². The third kappa shape index (κ3) is 4.38. The zero-order chi connectivity index (χ0) is 6.53. The molecule has 11 heavy (non-hydrogen) atoms. The number of hydrogen-bond donors (Lipinski definition) is 0. The first-order valence-electron chi connectivity index (χ1n) is 3.11. The van der Waals surface area contributed by atoms with Gasteiger partial charge in [-0.3, -0.25) is 0 Å². The summed E-state index contributed by atoms with van der Waals surface area (Å²) < 4.78 is 0. The molecule has 0 saturated carbocycles. The smallest absolute Gasteiger partial charge is 0.0260 e. The van der Waals surface area contributed by atoms with Crippen molar-refractivity contribution >= 4 is 6.08 Å². The van der Waals surface area contributed by atoms with E-state index in [9.17, 15) is 0 Å². The lowest BCUT2D eigenvalue weighted by molar-refractivity contribution is 1.64. The van der Waals surface area contributed by atoms with E-state index >= 15 is 0 Å². The van der Waals surface area contributed by atoms with Crippen molar-refractivity contribution in [1.82, 2.24) is 0 Å². The van der Waals surface area contributed by atoms with Crippen LogP contribution in [0.5, 0.6) is 0 Å². The molecule has 0 unspecified atom stereocenters. The van der Waals surface area contributed by atoms with Gasteiger partial charge >= 0.3 is 0 Å². The lowest BCUT2D eigenvalue weighted by atomic mass is 10.2. The van der Waals surface area contributed by atoms with Crippen molar-refractivity contribution in [3.63, 3.8) is 0 Å². The monoisotopic (exact) mass is 150 g/mol. The van der Waals surface area contributed by atoms with Crippen molar-refractivity contribution in [2.24, 2.45) is 0 Å². The van der Waals surface area contributed by atoms with Crippen LogP contribution < -0.4 is 0 Å². The van der Waals surface area contributed by atoms with Crippen LogP contribution >= 0.6 is 0 Å². The van der Waals surface area contributed by atoms with Gasteiger partial charge in [0.1, 0.15) is 0 Å². The predicted molar refractivity (Wildman–Crippen MR) is 54.6 cm³/mol. The third-order valence-electron chi connectivity index (χ3n) is 1.16. The highest BCUT2D eigenvalue weighted by Gasteiger charge is 1.77. The van der Waals surface area contributed by atoms with E-state index in [0.717, 1.165) is 0 Å². The Kier molecular flexibility index (Phi) is 8.11. The topological polar surface area (TPSA) is 0 Å². The van der Waals surface area contributed by atoms with E-state index in [2.05, 4.69) is 18.2 Å². The Morgan fingerprint density at radius 3 is 2.00 bits per heavy atom. The van der Waals surface area contributed by atoms with Gasteiger partial charge in [-0.1, -0.05) is 57.3 Å². The number of benzene rings is 1. The number of allylic oxidation sites excluding steroid dienone is 1. The van der Waals surface area contributed by atoms with Crippen LogP contribution in [0.25, 0.3) is 6.08 Å². The summed E-state index contributed by atoms with van der Waals surface area (Å²) in [5.41, 5.74) is 1.26. The molecule has 0 saturated heterocycles. The van der Waals surface area contributed by atoms with Gasteiger partial charge in [0.2, 0.25) is 0 Å². The number of rotatable bonds is 1. The molecule has 0 aliphatic rings. The van der Waals surface area contributed by atoms with E-state index in [0.29, 0.717) is 0 Å². The molecule has 0 amide bonds. The maximum absolute atomic E-state index is 2.08. The van der Waals surface area contributed by atoms with Crippen molar-refractivity contribution < 1.29 is 0 Å². The SMILES string of the molecule is C.C.C/C=C/c1ccccc1. The van der Waals surface area contributed by atoms with Gasteiger partial charge < -0.3 is 0 Å². The molecule has 0 N–H and O–H groups in total. The van der Waals surface area contributed by atoms with Crippen LogP contribution in [0.2, 0.25) is 0 Å². The Morgan fingerprint density at radius 2 is 1.55 bits per heavy atom. The van der Waals surface area contributed by atoms with Crippen molar-refractivity contribution in [1.29, 1.82) is 0 Å². The summed E-state index contributed by atoms with van der Waals surface area (Å²) >= 11 is 0. The highest BCUT2D eigenvalue weighted by molar-refractivity contribution is 5.47. The quantitative estimate of drug-likeness (QED) is 0.567. The summed E-state index contributed by atoms with van der Waals surface area (Å²) in [5.74, 6) is 0. The minimum Gasteiger partial charge on any atom is -0.0871 e.